The lowest BCUT2D eigenvalue weighted by Gasteiger charge is -2.27. The van der Waals surface area contributed by atoms with Crippen LogP contribution in [0.4, 0.5) is 0 Å². The van der Waals surface area contributed by atoms with Gasteiger partial charge in [-0.2, -0.15) is 0 Å². The summed E-state index contributed by atoms with van der Waals surface area (Å²) in [6.45, 7) is 5.49. The normalized spacial score (nSPS) is 11.4. The van der Waals surface area contributed by atoms with Crippen molar-refractivity contribution in [2.24, 2.45) is 0 Å². The van der Waals surface area contributed by atoms with Gasteiger partial charge in [-0.3, -0.25) is 4.90 Å². The quantitative estimate of drug-likeness (QED) is 0.761. The molecular formula is C14H19NO. The van der Waals surface area contributed by atoms with E-state index in [4.69, 9.17) is 6.42 Å². The van der Waals surface area contributed by atoms with Crippen molar-refractivity contribution in [2.75, 3.05) is 13.1 Å². The van der Waals surface area contributed by atoms with Gasteiger partial charge in [0.2, 0.25) is 0 Å². The fourth-order valence-electron chi connectivity index (χ4n) is 1.69. The summed E-state index contributed by atoms with van der Waals surface area (Å²) in [5.74, 6) is 2.63. The summed E-state index contributed by atoms with van der Waals surface area (Å²) in [6.07, 6.45) is 5.33. The number of hydrogen-bond acceptors (Lipinski definition) is 2. The SMILES string of the molecule is C#CCN(Cc1ccccc1)CC(C)(C)O. The first kappa shape index (κ1) is 12.8. The van der Waals surface area contributed by atoms with E-state index in [2.05, 4.69) is 23.0 Å². The van der Waals surface area contributed by atoms with Crippen molar-refractivity contribution in [3.63, 3.8) is 0 Å². The number of rotatable bonds is 5. The van der Waals surface area contributed by atoms with Crippen molar-refractivity contribution in [3.8, 4) is 12.3 Å². The van der Waals surface area contributed by atoms with E-state index in [1.807, 2.05) is 18.2 Å². The standard InChI is InChI=1S/C14H19NO/c1-4-10-15(12-14(2,3)16)11-13-8-6-5-7-9-13/h1,5-9,16H,10-12H2,2-3H3. The summed E-state index contributed by atoms with van der Waals surface area (Å²) in [5, 5.41) is 9.78. The fraction of sp³-hybridized carbons (Fsp3) is 0.429. The Morgan fingerprint density at radius 1 is 1.31 bits per heavy atom. The molecule has 0 saturated carbocycles. The second kappa shape index (κ2) is 5.69. The molecule has 0 radical (unpaired) electrons. The third kappa shape index (κ3) is 4.97. The smallest absolute Gasteiger partial charge is 0.0718 e. The fourth-order valence-corrected chi connectivity index (χ4v) is 1.69. The van der Waals surface area contributed by atoms with Gasteiger partial charge in [-0.25, -0.2) is 0 Å². The summed E-state index contributed by atoms with van der Waals surface area (Å²) in [6, 6.07) is 10.1. The van der Waals surface area contributed by atoms with Gasteiger partial charge in [0.25, 0.3) is 0 Å². The maximum atomic E-state index is 9.78. The van der Waals surface area contributed by atoms with Crippen molar-refractivity contribution >= 4 is 0 Å². The zero-order valence-corrected chi connectivity index (χ0v) is 9.98. The first-order chi connectivity index (χ1) is 7.51. The number of nitrogens with zero attached hydrogens (tertiary/aromatic N) is 1. The minimum Gasteiger partial charge on any atom is -0.389 e. The summed E-state index contributed by atoms with van der Waals surface area (Å²) in [4.78, 5) is 2.06. The highest BCUT2D eigenvalue weighted by atomic mass is 16.3. The molecule has 0 spiro atoms. The Hall–Kier alpha value is -1.30. The van der Waals surface area contributed by atoms with Gasteiger partial charge in [0.05, 0.1) is 12.1 Å². The van der Waals surface area contributed by atoms with Gasteiger partial charge in [0, 0.05) is 13.1 Å². The van der Waals surface area contributed by atoms with Gasteiger partial charge in [-0.1, -0.05) is 36.3 Å². The minimum absolute atomic E-state index is 0.554. The highest BCUT2D eigenvalue weighted by Gasteiger charge is 2.17. The molecule has 16 heavy (non-hydrogen) atoms. The first-order valence-electron chi connectivity index (χ1n) is 5.43. The highest BCUT2D eigenvalue weighted by molar-refractivity contribution is 5.14. The van der Waals surface area contributed by atoms with Crippen molar-refractivity contribution in [1.29, 1.82) is 0 Å². The largest absolute Gasteiger partial charge is 0.389 e. The molecule has 1 rings (SSSR count). The van der Waals surface area contributed by atoms with Crippen LogP contribution < -0.4 is 0 Å². The molecule has 0 saturated heterocycles. The Morgan fingerprint density at radius 2 is 1.94 bits per heavy atom. The molecule has 0 fully saturated rings. The molecule has 0 aromatic heterocycles. The predicted octanol–water partition coefficient (Wildman–Crippen LogP) is 1.89. The van der Waals surface area contributed by atoms with Crippen LogP contribution in [0.1, 0.15) is 19.4 Å². The number of aliphatic hydroxyl groups is 1. The molecule has 2 heteroatoms. The van der Waals surface area contributed by atoms with Crippen LogP contribution in [0, 0.1) is 12.3 Å². The second-order valence-corrected chi connectivity index (χ2v) is 4.65. The van der Waals surface area contributed by atoms with E-state index < -0.39 is 5.60 Å². The minimum atomic E-state index is -0.717. The van der Waals surface area contributed by atoms with E-state index in [9.17, 15) is 5.11 Å². The number of terminal acetylenes is 1. The van der Waals surface area contributed by atoms with Crippen LogP contribution in [-0.2, 0) is 6.54 Å². The predicted molar refractivity (Wildman–Crippen MR) is 66.8 cm³/mol. The zero-order valence-electron chi connectivity index (χ0n) is 9.98. The molecule has 0 aliphatic heterocycles. The molecule has 86 valence electrons. The van der Waals surface area contributed by atoms with Gasteiger partial charge < -0.3 is 5.11 Å². The Kier molecular flexibility index (Phi) is 4.54. The average molecular weight is 217 g/mol. The molecule has 2 nitrogen and oxygen atoms in total. The lowest BCUT2D eigenvalue weighted by molar-refractivity contribution is 0.0382. The molecule has 0 bridgehead atoms. The Labute approximate surface area is 97.9 Å². The topological polar surface area (TPSA) is 23.5 Å². The highest BCUT2D eigenvalue weighted by Crippen LogP contribution is 2.09. The molecule has 0 aliphatic rings. The van der Waals surface area contributed by atoms with E-state index in [0.717, 1.165) is 6.54 Å². The molecular weight excluding hydrogens is 198 g/mol. The monoisotopic (exact) mass is 217 g/mol. The summed E-state index contributed by atoms with van der Waals surface area (Å²) < 4.78 is 0. The average Bonchev–Trinajstić information content (AvgIpc) is 2.17. The van der Waals surface area contributed by atoms with E-state index in [1.54, 1.807) is 13.8 Å². The van der Waals surface area contributed by atoms with Gasteiger partial charge in [0.1, 0.15) is 0 Å². The van der Waals surface area contributed by atoms with Gasteiger partial charge in [-0.05, 0) is 19.4 Å². The Morgan fingerprint density at radius 3 is 2.44 bits per heavy atom. The van der Waals surface area contributed by atoms with Crippen LogP contribution in [0.2, 0.25) is 0 Å². The summed E-state index contributed by atoms with van der Waals surface area (Å²) in [5.41, 5.74) is 0.494. The van der Waals surface area contributed by atoms with Crippen molar-refractivity contribution in [2.45, 2.75) is 26.0 Å². The lowest BCUT2D eigenvalue weighted by atomic mass is 10.1. The summed E-state index contributed by atoms with van der Waals surface area (Å²) >= 11 is 0. The van der Waals surface area contributed by atoms with Crippen LogP contribution in [-0.4, -0.2) is 28.7 Å². The van der Waals surface area contributed by atoms with Crippen LogP contribution in [0.3, 0.4) is 0 Å². The molecule has 1 aromatic carbocycles. The zero-order chi connectivity index (χ0) is 12.0. The van der Waals surface area contributed by atoms with Crippen LogP contribution in [0.25, 0.3) is 0 Å². The van der Waals surface area contributed by atoms with Gasteiger partial charge in [-0.15, -0.1) is 6.42 Å². The Bertz CT molecular complexity index is 345. The summed E-state index contributed by atoms with van der Waals surface area (Å²) in [7, 11) is 0. The van der Waals surface area contributed by atoms with Crippen molar-refractivity contribution in [1.82, 2.24) is 4.90 Å². The van der Waals surface area contributed by atoms with Crippen LogP contribution >= 0.6 is 0 Å². The third-order valence-corrected chi connectivity index (χ3v) is 2.17. The Balaban J connectivity index is 2.62. The second-order valence-electron chi connectivity index (χ2n) is 4.65. The first-order valence-corrected chi connectivity index (χ1v) is 5.43. The number of benzene rings is 1. The van der Waals surface area contributed by atoms with E-state index in [1.165, 1.54) is 5.56 Å². The molecule has 0 heterocycles. The maximum Gasteiger partial charge on any atom is 0.0718 e. The van der Waals surface area contributed by atoms with Crippen LogP contribution in [0.15, 0.2) is 30.3 Å². The number of hydrogen-bond donors (Lipinski definition) is 1. The van der Waals surface area contributed by atoms with Gasteiger partial charge in [0.15, 0.2) is 0 Å². The van der Waals surface area contributed by atoms with E-state index >= 15 is 0 Å². The van der Waals surface area contributed by atoms with E-state index in [-0.39, 0.29) is 0 Å². The van der Waals surface area contributed by atoms with Crippen molar-refractivity contribution < 1.29 is 5.11 Å². The van der Waals surface area contributed by atoms with Gasteiger partial charge >= 0.3 is 0 Å². The van der Waals surface area contributed by atoms with Crippen LogP contribution in [0.5, 0.6) is 0 Å². The maximum absolute atomic E-state index is 9.78. The molecule has 0 amide bonds. The lowest BCUT2D eigenvalue weighted by Crippen LogP contribution is -2.38. The molecule has 0 unspecified atom stereocenters. The van der Waals surface area contributed by atoms with Crippen molar-refractivity contribution in [3.05, 3.63) is 35.9 Å². The third-order valence-electron chi connectivity index (χ3n) is 2.17. The van der Waals surface area contributed by atoms with E-state index in [0.29, 0.717) is 13.1 Å². The molecule has 0 atom stereocenters. The molecule has 0 aliphatic carbocycles. The molecule has 1 aromatic rings. The molecule has 1 N–H and O–H groups in total.